The van der Waals surface area contributed by atoms with Crippen LogP contribution in [0, 0.1) is 25.2 Å². The minimum absolute atomic E-state index is 0.249. The van der Waals surface area contributed by atoms with Gasteiger partial charge in [0.25, 0.3) is 0 Å². The maximum absolute atomic E-state index is 9.19. The molecule has 0 fully saturated rings. The Labute approximate surface area is 127 Å². The van der Waals surface area contributed by atoms with Crippen molar-refractivity contribution in [3.8, 4) is 17.3 Å². The molecule has 0 spiro atoms. The fourth-order valence-electron chi connectivity index (χ4n) is 2.09. The first-order chi connectivity index (χ1) is 9.55. The molecule has 1 aromatic carbocycles. The molecule has 0 N–H and O–H groups in total. The van der Waals surface area contributed by atoms with Crippen molar-refractivity contribution in [2.45, 2.75) is 33.1 Å². The van der Waals surface area contributed by atoms with E-state index in [9.17, 15) is 5.26 Å². The van der Waals surface area contributed by atoms with Crippen molar-refractivity contribution < 1.29 is 0 Å². The number of nitrogens with zero attached hydrogens (tertiary/aromatic N) is 3. The third-order valence-corrected chi connectivity index (χ3v) is 3.72. The number of halogens is 1. The number of rotatable bonds is 3. The molecule has 0 bridgehead atoms. The Morgan fingerprint density at radius 2 is 2.00 bits per heavy atom. The molecule has 0 aliphatic heterocycles. The molecule has 4 heteroatoms. The lowest BCUT2D eigenvalue weighted by Crippen LogP contribution is -2.04. The van der Waals surface area contributed by atoms with E-state index in [-0.39, 0.29) is 5.92 Å². The van der Waals surface area contributed by atoms with Gasteiger partial charge in [0.05, 0.1) is 11.8 Å². The molecular formula is C16H16BrN3. The van der Waals surface area contributed by atoms with Crippen molar-refractivity contribution in [2.75, 3.05) is 0 Å². The van der Waals surface area contributed by atoms with E-state index in [0.717, 1.165) is 33.4 Å². The van der Waals surface area contributed by atoms with Gasteiger partial charge < -0.3 is 0 Å². The first-order valence-corrected chi connectivity index (χ1v) is 7.36. The van der Waals surface area contributed by atoms with Crippen LogP contribution in [0.3, 0.4) is 0 Å². The average Bonchev–Trinajstić information content (AvgIpc) is 2.42. The van der Waals surface area contributed by atoms with Crippen LogP contribution in [0.15, 0.2) is 28.7 Å². The van der Waals surface area contributed by atoms with Gasteiger partial charge in [0.15, 0.2) is 0 Å². The second kappa shape index (κ2) is 6.15. The molecule has 0 saturated carbocycles. The summed E-state index contributed by atoms with van der Waals surface area (Å²) in [6, 6.07) is 10.3. The van der Waals surface area contributed by atoms with Gasteiger partial charge in [-0.05, 0) is 44.0 Å². The standard InChI is InChI=1S/C16H16BrN3/c1-4-12(9-18)16-19-11(3)7-15(20-16)14-8-13(17)6-5-10(14)2/h5-8,12H,4H2,1-3H3. The molecule has 0 radical (unpaired) electrons. The fourth-order valence-corrected chi connectivity index (χ4v) is 2.45. The zero-order valence-electron chi connectivity index (χ0n) is 11.8. The van der Waals surface area contributed by atoms with Gasteiger partial charge >= 0.3 is 0 Å². The van der Waals surface area contributed by atoms with Crippen molar-refractivity contribution in [1.29, 1.82) is 5.26 Å². The molecule has 0 saturated heterocycles. The quantitative estimate of drug-likeness (QED) is 0.830. The number of nitriles is 1. The summed E-state index contributed by atoms with van der Waals surface area (Å²) < 4.78 is 1.02. The molecule has 1 aromatic heterocycles. The summed E-state index contributed by atoms with van der Waals surface area (Å²) in [6.45, 7) is 5.97. The van der Waals surface area contributed by atoms with Crippen LogP contribution in [-0.2, 0) is 0 Å². The fraction of sp³-hybridized carbons (Fsp3) is 0.312. The maximum atomic E-state index is 9.19. The van der Waals surface area contributed by atoms with Crippen LogP contribution >= 0.6 is 15.9 Å². The molecule has 2 rings (SSSR count). The lowest BCUT2D eigenvalue weighted by molar-refractivity contribution is 0.746. The second-order valence-electron chi connectivity index (χ2n) is 4.80. The summed E-state index contributed by atoms with van der Waals surface area (Å²) in [6.07, 6.45) is 0.719. The Morgan fingerprint density at radius 1 is 1.25 bits per heavy atom. The average molecular weight is 330 g/mol. The Kier molecular flexibility index (Phi) is 4.51. The molecule has 0 amide bonds. The van der Waals surface area contributed by atoms with Crippen molar-refractivity contribution in [2.24, 2.45) is 0 Å². The highest BCUT2D eigenvalue weighted by Gasteiger charge is 2.14. The van der Waals surface area contributed by atoms with Crippen molar-refractivity contribution >= 4 is 15.9 Å². The Balaban J connectivity index is 2.58. The van der Waals surface area contributed by atoms with E-state index >= 15 is 0 Å². The minimum atomic E-state index is -0.249. The van der Waals surface area contributed by atoms with Crippen molar-refractivity contribution in [3.05, 3.63) is 45.8 Å². The van der Waals surface area contributed by atoms with E-state index in [4.69, 9.17) is 0 Å². The smallest absolute Gasteiger partial charge is 0.146 e. The van der Waals surface area contributed by atoms with Gasteiger partial charge in [-0.2, -0.15) is 5.26 Å². The van der Waals surface area contributed by atoms with Gasteiger partial charge in [0, 0.05) is 15.7 Å². The first kappa shape index (κ1) is 14.7. The van der Waals surface area contributed by atoms with E-state index < -0.39 is 0 Å². The Hall–Kier alpha value is -1.73. The normalized spacial score (nSPS) is 11.9. The predicted molar refractivity (Wildman–Crippen MR) is 83.3 cm³/mol. The number of hydrogen-bond acceptors (Lipinski definition) is 3. The summed E-state index contributed by atoms with van der Waals surface area (Å²) in [5.41, 5.74) is 3.99. The molecule has 102 valence electrons. The third-order valence-electron chi connectivity index (χ3n) is 3.22. The van der Waals surface area contributed by atoms with Gasteiger partial charge in [-0.3, -0.25) is 0 Å². The van der Waals surface area contributed by atoms with Crippen molar-refractivity contribution in [3.63, 3.8) is 0 Å². The van der Waals surface area contributed by atoms with E-state index in [1.54, 1.807) is 0 Å². The third kappa shape index (κ3) is 3.05. The molecule has 1 heterocycles. The van der Waals surface area contributed by atoms with E-state index in [1.807, 2.05) is 32.0 Å². The van der Waals surface area contributed by atoms with Gasteiger partial charge in [-0.15, -0.1) is 0 Å². The highest BCUT2D eigenvalue weighted by atomic mass is 79.9. The molecule has 2 aromatic rings. The van der Waals surface area contributed by atoms with Crippen LogP contribution < -0.4 is 0 Å². The van der Waals surface area contributed by atoms with Gasteiger partial charge in [0.2, 0.25) is 0 Å². The molecular weight excluding hydrogens is 314 g/mol. The largest absolute Gasteiger partial charge is 0.237 e. The van der Waals surface area contributed by atoms with E-state index in [2.05, 4.69) is 45.0 Å². The van der Waals surface area contributed by atoms with E-state index in [1.165, 1.54) is 0 Å². The summed E-state index contributed by atoms with van der Waals surface area (Å²) in [4.78, 5) is 9.00. The highest BCUT2D eigenvalue weighted by Crippen LogP contribution is 2.27. The number of aromatic nitrogens is 2. The summed E-state index contributed by atoms with van der Waals surface area (Å²) >= 11 is 3.49. The SMILES string of the molecule is CCC(C#N)c1nc(C)cc(-c2cc(Br)ccc2C)n1. The number of benzene rings is 1. The zero-order chi connectivity index (χ0) is 14.7. The second-order valence-corrected chi connectivity index (χ2v) is 5.72. The molecule has 0 aliphatic carbocycles. The summed E-state index contributed by atoms with van der Waals surface area (Å²) in [5, 5.41) is 9.19. The number of aryl methyl sites for hydroxylation is 2. The van der Waals surface area contributed by atoms with Crippen LogP contribution in [0.4, 0.5) is 0 Å². The monoisotopic (exact) mass is 329 g/mol. The Bertz CT molecular complexity index is 674. The predicted octanol–water partition coefficient (Wildman–Crippen LogP) is 4.54. The van der Waals surface area contributed by atoms with Gasteiger partial charge in [-0.1, -0.05) is 28.9 Å². The van der Waals surface area contributed by atoms with Gasteiger partial charge in [0.1, 0.15) is 11.7 Å². The maximum Gasteiger partial charge on any atom is 0.146 e. The van der Waals surface area contributed by atoms with E-state index in [0.29, 0.717) is 5.82 Å². The molecule has 0 aliphatic rings. The van der Waals surface area contributed by atoms with Crippen LogP contribution in [0.1, 0.15) is 36.3 Å². The molecule has 20 heavy (non-hydrogen) atoms. The lowest BCUT2D eigenvalue weighted by atomic mass is 10.0. The van der Waals surface area contributed by atoms with Crippen LogP contribution in [-0.4, -0.2) is 9.97 Å². The summed E-state index contributed by atoms with van der Waals surface area (Å²) in [7, 11) is 0. The minimum Gasteiger partial charge on any atom is -0.237 e. The van der Waals surface area contributed by atoms with Crippen LogP contribution in [0.25, 0.3) is 11.3 Å². The molecule has 3 nitrogen and oxygen atoms in total. The highest BCUT2D eigenvalue weighted by molar-refractivity contribution is 9.10. The topological polar surface area (TPSA) is 49.6 Å². The van der Waals surface area contributed by atoms with Crippen LogP contribution in [0.2, 0.25) is 0 Å². The number of hydrogen-bond donors (Lipinski definition) is 0. The Morgan fingerprint density at radius 3 is 2.65 bits per heavy atom. The molecule has 1 unspecified atom stereocenters. The zero-order valence-corrected chi connectivity index (χ0v) is 13.4. The van der Waals surface area contributed by atoms with Gasteiger partial charge in [-0.25, -0.2) is 9.97 Å². The summed E-state index contributed by atoms with van der Waals surface area (Å²) in [5.74, 6) is 0.366. The lowest BCUT2D eigenvalue weighted by Gasteiger charge is -2.11. The van der Waals surface area contributed by atoms with Crippen LogP contribution in [0.5, 0.6) is 0 Å². The first-order valence-electron chi connectivity index (χ1n) is 6.57. The van der Waals surface area contributed by atoms with Crippen molar-refractivity contribution in [1.82, 2.24) is 9.97 Å². The molecule has 1 atom stereocenters.